The quantitative estimate of drug-likeness (QED) is 0.334. The maximum absolute atomic E-state index is 11.0. The van der Waals surface area contributed by atoms with E-state index in [2.05, 4.69) is 78.9 Å². The number of ether oxygens (including phenoxy) is 1. The lowest BCUT2D eigenvalue weighted by molar-refractivity contribution is 0.317. The first-order chi connectivity index (χ1) is 16.4. The third-order valence-electron chi connectivity index (χ3n) is 6.18. The van der Waals surface area contributed by atoms with Gasteiger partial charge in [0.2, 0.25) is 5.89 Å². The van der Waals surface area contributed by atoms with Gasteiger partial charge in [0.15, 0.2) is 0 Å². The van der Waals surface area contributed by atoms with E-state index in [1.165, 1.54) is 11.1 Å². The summed E-state index contributed by atoms with van der Waals surface area (Å²) >= 11 is 0. The number of rotatable bonds is 9. The van der Waals surface area contributed by atoms with E-state index in [4.69, 9.17) is 14.1 Å². The maximum Gasteiger partial charge on any atom is 0.226 e. The van der Waals surface area contributed by atoms with E-state index in [1.807, 2.05) is 12.1 Å². The SMILES string of the molecule is CCNCCc1cc(C)ccc1OCCc1coc(-c2cc(C(C)(C)C)c(O)c(C(C)(C)C)c2)n1. The highest BCUT2D eigenvalue weighted by Crippen LogP contribution is 2.41. The predicted molar refractivity (Wildman–Crippen MR) is 144 cm³/mol. The van der Waals surface area contributed by atoms with E-state index in [9.17, 15) is 5.11 Å². The van der Waals surface area contributed by atoms with Crippen molar-refractivity contribution in [3.05, 3.63) is 64.5 Å². The fraction of sp³-hybridized carbons (Fsp3) is 0.500. The molecule has 190 valence electrons. The second kappa shape index (κ2) is 10.9. The summed E-state index contributed by atoms with van der Waals surface area (Å²) in [7, 11) is 0. The van der Waals surface area contributed by atoms with Crippen molar-refractivity contribution in [2.75, 3.05) is 19.7 Å². The number of nitrogens with one attached hydrogen (secondary N) is 1. The van der Waals surface area contributed by atoms with Gasteiger partial charge in [-0.2, -0.15) is 0 Å². The molecule has 5 nitrogen and oxygen atoms in total. The first kappa shape index (κ1) is 26.8. The second-order valence-corrected chi connectivity index (χ2v) is 11.4. The molecule has 1 aromatic heterocycles. The lowest BCUT2D eigenvalue weighted by Crippen LogP contribution is -2.17. The first-order valence-electron chi connectivity index (χ1n) is 12.7. The Morgan fingerprint density at radius 3 is 2.23 bits per heavy atom. The molecule has 0 unspecified atom stereocenters. The standard InChI is InChI=1S/C30H42N2O3/c1-9-31-14-12-21-16-20(2)10-11-26(21)34-15-13-23-19-35-28(32-23)22-17-24(29(3,4)5)27(33)25(18-22)30(6,7)8/h10-11,16-19,31,33H,9,12-15H2,1-8H3. The van der Waals surface area contributed by atoms with Crippen LogP contribution in [0.25, 0.3) is 11.5 Å². The van der Waals surface area contributed by atoms with Gasteiger partial charge in [-0.05, 0) is 61.0 Å². The molecule has 1 heterocycles. The zero-order chi connectivity index (χ0) is 25.8. The van der Waals surface area contributed by atoms with E-state index in [0.29, 0.717) is 24.7 Å². The van der Waals surface area contributed by atoms with Crippen molar-refractivity contribution in [3.8, 4) is 23.0 Å². The molecule has 0 atom stereocenters. The summed E-state index contributed by atoms with van der Waals surface area (Å²) in [5.41, 5.74) is 5.57. The summed E-state index contributed by atoms with van der Waals surface area (Å²) in [4.78, 5) is 4.75. The number of oxazole rings is 1. The lowest BCUT2D eigenvalue weighted by Gasteiger charge is -2.27. The minimum absolute atomic E-state index is 0.207. The second-order valence-electron chi connectivity index (χ2n) is 11.4. The summed E-state index contributed by atoms with van der Waals surface area (Å²) in [6, 6.07) is 10.3. The number of nitrogens with zero attached hydrogens (tertiary/aromatic N) is 1. The number of benzene rings is 2. The molecule has 0 aliphatic carbocycles. The van der Waals surface area contributed by atoms with Crippen LogP contribution in [0.15, 0.2) is 41.0 Å². The zero-order valence-corrected chi connectivity index (χ0v) is 22.7. The van der Waals surface area contributed by atoms with Crippen molar-refractivity contribution >= 4 is 0 Å². The van der Waals surface area contributed by atoms with Gasteiger partial charge in [-0.3, -0.25) is 0 Å². The Morgan fingerprint density at radius 1 is 0.971 bits per heavy atom. The summed E-state index contributed by atoms with van der Waals surface area (Å²) in [6.45, 7) is 19.3. The van der Waals surface area contributed by atoms with Crippen LogP contribution in [0.4, 0.5) is 0 Å². The molecule has 5 heteroatoms. The van der Waals surface area contributed by atoms with E-state index in [1.54, 1.807) is 6.26 Å². The average molecular weight is 479 g/mol. The number of hydrogen-bond acceptors (Lipinski definition) is 5. The van der Waals surface area contributed by atoms with Gasteiger partial charge >= 0.3 is 0 Å². The van der Waals surface area contributed by atoms with Crippen molar-refractivity contribution < 1.29 is 14.3 Å². The average Bonchev–Trinajstić information content (AvgIpc) is 3.23. The van der Waals surface area contributed by atoms with Crippen molar-refractivity contribution in [1.82, 2.24) is 10.3 Å². The predicted octanol–water partition coefficient (Wildman–Crippen LogP) is 6.72. The van der Waals surface area contributed by atoms with Crippen LogP contribution >= 0.6 is 0 Å². The highest BCUT2D eigenvalue weighted by atomic mass is 16.5. The molecule has 3 aromatic rings. The molecule has 0 aliphatic rings. The van der Waals surface area contributed by atoms with Crippen LogP contribution in [0.2, 0.25) is 0 Å². The largest absolute Gasteiger partial charge is 0.507 e. The molecule has 0 amide bonds. The Bertz CT molecular complexity index is 1100. The monoisotopic (exact) mass is 478 g/mol. The van der Waals surface area contributed by atoms with Crippen molar-refractivity contribution in [2.45, 2.75) is 79.1 Å². The molecular formula is C30H42N2O3. The number of aromatic hydroxyl groups is 1. The van der Waals surface area contributed by atoms with Gasteiger partial charge in [0.1, 0.15) is 17.8 Å². The molecule has 0 saturated carbocycles. The summed E-state index contributed by atoms with van der Waals surface area (Å²) in [5, 5.41) is 14.4. The summed E-state index contributed by atoms with van der Waals surface area (Å²) in [6.07, 6.45) is 3.30. The van der Waals surface area contributed by atoms with Gasteiger partial charge in [-0.1, -0.05) is 66.2 Å². The Balaban J connectivity index is 1.76. The normalized spacial score (nSPS) is 12.2. The van der Waals surface area contributed by atoms with Crippen LogP contribution in [0.5, 0.6) is 11.5 Å². The molecule has 0 bridgehead atoms. The van der Waals surface area contributed by atoms with Gasteiger partial charge in [0, 0.05) is 23.1 Å². The minimum atomic E-state index is -0.207. The van der Waals surface area contributed by atoms with Crippen LogP contribution < -0.4 is 10.1 Å². The smallest absolute Gasteiger partial charge is 0.226 e. The summed E-state index contributed by atoms with van der Waals surface area (Å²) < 4.78 is 12.0. The Hall–Kier alpha value is -2.79. The van der Waals surface area contributed by atoms with Gasteiger partial charge in [-0.15, -0.1) is 0 Å². The molecule has 2 aromatic carbocycles. The van der Waals surface area contributed by atoms with Gasteiger partial charge in [0.05, 0.1) is 12.3 Å². The highest BCUT2D eigenvalue weighted by Gasteiger charge is 2.27. The zero-order valence-electron chi connectivity index (χ0n) is 22.7. The van der Waals surface area contributed by atoms with Crippen molar-refractivity contribution in [2.24, 2.45) is 0 Å². The third-order valence-corrected chi connectivity index (χ3v) is 6.18. The fourth-order valence-electron chi connectivity index (χ4n) is 4.17. The lowest BCUT2D eigenvalue weighted by atomic mass is 9.78. The Morgan fingerprint density at radius 2 is 1.63 bits per heavy atom. The topological polar surface area (TPSA) is 67.5 Å². The van der Waals surface area contributed by atoms with Crippen LogP contribution in [0, 0.1) is 6.92 Å². The molecule has 35 heavy (non-hydrogen) atoms. The number of phenolic OH excluding ortho intramolecular Hbond substituents is 1. The minimum Gasteiger partial charge on any atom is -0.507 e. The Labute approximate surface area is 210 Å². The fourth-order valence-corrected chi connectivity index (χ4v) is 4.17. The van der Waals surface area contributed by atoms with Crippen molar-refractivity contribution in [3.63, 3.8) is 0 Å². The van der Waals surface area contributed by atoms with Gasteiger partial charge < -0.3 is 19.6 Å². The molecule has 0 aliphatic heterocycles. The molecule has 0 fully saturated rings. The summed E-state index contributed by atoms with van der Waals surface area (Å²) in [5.74, 6) is 1.86. The van der Waals surface area contributed by atoms with E-state index < -0.39 is 0 Å². The van der Waals surface area contributed by atoms with Crippen LogP contribution in [0.3, 0.4) is 0 Å². The number of phenols is 1. The third kappa shape index (κ3) is 6.88. The molecule has 0 spiro atoms. The van der Waals surface area contributed by atoms with E-state index in [-0.39, 0.29) is 10.8 Å². The van der Waals surface area contributed by atoms with Crippen LogP contribution in [0.1, 0.15) is 76.4 Å². The molecule has 3 rings (SSSR count). The Kier molecular flexibility index (Phi) is 8.32. The van der Waals surface area contributed by atoms with E-state index in [0.717, 1.165) is 47.6 Å². The molecule has 0 radical (unpaired) electrons. The first-order valence-corrected chi connectivity index (χ1v) is 12.7. The van der Waals surface area contributed by atoms with Gasteiger partial charge in [-0.25, -0.2) is 4.98 Å². The van der Waals surface area contributed by atoms with Crippen molar-refractivity contribution in [1.29, 1.82) is 0 Å². The van der Waals surface area contributed by atoms with E-state index >= 15 is 0 Å². The number of likely N-dealkylation sites (N-methyl/N-ethyl adjacent to an activating group) is 1. The van der Waals surface area contributed by atoms with Crippen LogP contribution in [-0.2, 0) is 23.7 Å². The highest BCUT2D eigenvalue weighted by molar-refractivity contribution is 5.63. The maximum atomic E-state index is 11.0. The number of aryl methyl sites for hydroxylation is 1. The van der Waals surface area contributed by atoms with Crippen LogP contribution in [-0.4, -0.2) is 29.8 Å². The molecular weight excluding hydrogens is 436 g/mol. The molecule has 2 N–H and O–H groups in total. The number of aromatic nitrogens is 1. The molecule has 0 saturated heterocycles. The van der Waals surface area contributed by atoms with Gasteiger partial charge in [0.25, 0.3) is 0 Å². The number of hydrogen-bond donors (Lipinski definition) is 2.